The molecule has 2 atom stereocenters. The van der Waals surface area contributed by atoms with Crippen LogP contribution in [0, 0.1) is 13.8 Å². The highest BCUT2D eigenvalue weighted by Crippen LogP contribution is 2.30. The van der Waals surface area contributed by atoms with Crippen LogP contribution in [-0.2, 0) is 26.2 Å². The summed E-state index contributed by atoms with van der Waals surface area (Å²) < 4.78 is 34.0. The molecule has 168 valence electrons. The maximum atomic E-state index is 13.2. The van der Waals surface area contributed by atoms with Gasteiger partial charge in [-0.25, -0.2) is 13.2 Å². The maximum Gasteiger partial charge on any atom is 0.330 e. The molecule has 0 unspecified atom stereocenters. The van der Waals surface area contributed by atoms with E-state index in [-0.39, 0.29) is 11.5 Å². The molecule has 0 fully saturated rings. The molecule has 3 aromatic carbocycles. The minimum absolute atomic E-state index is 0.0127. The zero-order valence-electron chi connectivity index (χ0n) is 18.3. The lowest BCUT2D eigenvalue weighted by molar-refractivity contribution is -0.156. The first-order valence-electron chi connectivity index (χ1n) is 10.2. The van der Waals surface area contributed by atoms with E-state index < -0.39 is 27.6 Å². The summed E-state index contributed by atoms with van der Waals surface area (Å²) in [6, 6.07) is 22.1. The van der Waals surface area contributed by atoms with E-state index in [1.807, 2.05) is 32.0 Å². The predicted octanol–water partition coefficient (Wildman–Crippen LogP) is 3.82. The van der Waals surface area contributed by atoms with Crippen molar-refractivity contribution in [1.29, 1.82) is 0 Å². The number of sulfonamides is 1. The molecule has 7 heteroatoms. The van der Waals surface area contributed by atoms with Crippen molar-refractivity contribution in [2.75, 3.05) is 0 Å². The second kappa shape index (κ2) is 9.65. The van der Waals surface area contributed by atoms with Crippen LogP contribution in [0.3, 0.4) is 0 Å². The Morgan fingerprint density at radius 2 is 1.47 bits per heavy atom. The Morgan fingerprint density at radius 3 is 2.03 bits per heavy atom. The van der Waals surface area contributed by atoms with Gasteiger partial charge in [-0.1, -0.05) is 77.9 Å². The standard InChI is InChI=1S/C25H27NO5S/c1-18-9-13-21(14-10-18)23(27)25(3,24(28)31-17-20-7-5-4-6-8-20)26-32(29,30)22-15-11-19(2)12-16-22/h4-16,23,26-27H,17H2,1-3H3/t23-,25+/m1/s1. The lowest BCUT2D eigenvalue weighted by atomic mass is 9.90. The highest BCUT2D eigenvalue weighted by molar-refractivity contribution is 7.89. The van der Waals surface area contributed by atoms with Gasteiger partial charge in [0.2, 0.25) is 10.0 Å². The van der Waals surface area contributed by atoms with Crippen LogP contribution in [-0.4, -0.2) is 25.0 Å². The van der Waals surface area contributed by atoms with Crippen molar-refractivity contribution in [3.05, 3.63) is 101 Å². The number of aliphatic hydroxyl groups is 1. The Bertz CT molecular complexity index is 1160. The molecule has 0 heterocycles. The zero-order chi connectivity index (χ0) is 23.4. The van der Waals surface area contributed by atoms with Crippen molar-refractivity contribution in [2.24, 2.45) is 0 Å². The second-order valence-corrected chi connectivity index (χ2v) is 9.68. The van der Waals surface area contributed by atoms with Gasteiger partial charge in [0.05, 0.1) is 4.90 Å². The van der Waals surface area contributed by atoms with Crippen molar-refractivity contribution >= 4 is 16.0 Å². The second-order valence-electron chi connectivity index (χ2n) is 8.00. The number of carbonyl (C=O) groups is 1. The van der Waals surface area contributed by atoms with Crippen LogP contribution in [0.5, 0.6) is 0 Å². The molecule has 0 amide bonds. The van der Waals surface area contributed by atoms with Crippen LogP contribution in [0.2, 0.25) is 0 Å². The number of hydrogen-bond donors (Lipinski definition) is 2. The topological polar surface area (TPSA) is 92.7 Å². The molecule has 0 aliphatic carbocycles. The number of esters is 1. The van der Waals surface area contributed by atoms with Crippen LogP contribution >= 0.6 is 0 Å². The molecular weight excluding hydrogens is 426 g/mol. The lowest BCUT2D eigenvalue weighted by Crippen LogP contribution is -2.56. The van der Waals surface area contributed by atoms with Gasteiger partial charge in [-0.2, -0.15) is 4.72 Å². The van der Waals surface area contributed by atoms with E-state index in [1.165, 1.54) is 19.1 Å². The van der Waals surface area contributed by atoms with Crippen LogP contribution < -0.4 is 4.72 Å². The van der Waals surface area contributed by atoms with Gasteiger partial charge < -0.3 is 9.84 Å². The molecule has 3 aromatic rings. The number of aliphatic hydroxyl groups excluding tert-OH is 1. The number of hydrogen-bond acceptors (Lipinski definition) is 5. The van der Waals surface area contributed by atoms with E-state index >= 15 is 0 Å². The van der Waals surface area contributed by atoms with Crippen molar-refractivity contribution in [1.82, 2.24) is 4.72 Å². The van der Waals surface area contributed by atoms with Gasteiger partial charge in [-0.3, -0.25) is 0 Å². The van der Waals surface area contributed by atoms with Crippen molar-refractivity contribution in [3.8, 4) is 0 Å². The normalized spacial score (nSPS) is 14.4. The van der Waals surface area contributed by atoms with E-state index in [1.54, 1.807) is 48.5 Å². The van der Waals surface area contributed by atoms with E-state index in [0.717, 1.165) is 16.7 Å². The summed E-state index contributed by atoms with van der Waals surface area (Å²) in [7, 11) is -4.13. The van der Waals surface area contributed by atoms with Gasteiger partial charge in [-0.15, -0.1) is 0 Å². The van der Waals surface area contributed by atoms with E-state index in [0.29, 0.717) is 5.56 Å². The Morgan fingerprint density at radius 1 is 0.938 bits per heavy atom. The smallest absolute Gasteiger partial charge is 0.330 e. The minimum Gasteiger partial charge on any atom is -0.459 e. The summed E-state index contributed by atoms with van der Waals surface area (Å²) in [5.74, 6) is -0.884. The number of rotatable bonds is 8. The summed E-state index contributed by atoms with van der Waals surface area (Å²) in [4.78, 5) is 13.2. The Hall–Kier alpha value is -3.00. The summed E-state index contributed by atoms with van der Waals surface area (Å²) in [5, 5.41) is 11.1. The summed E-state index contributed by atoms with van der Waals surface area (Å²) >= 11 is 0. The first-order chi connectivity index (χ1) is 15.1. The lowest BCUT2D eigenvalue weighted by Gasteiger charge is -2.33. The largest absolute Gasteiger partial charge is 0.459 e. The fraction of sp³-hybridized carbons (Fsp3) is 0.240. The van der Waals surface area contributed by atoms with Crippen molar-refractivity contribution < 1.29 is 23.1 Å². The molecule has 3 rings (SSSR count). The SMILES string of the molecule is Cc1ccc([C@@H](O)[C@](C)(NS(=O)(=O)c2ccc(C)cc2)C(=O)OCc2ccccc2)cc1. The quantitative estimate of drug-likeness (QED) is 0.506. The summed E-state index contributed by atoms with van der Waals surface area (Å²) in [6.45, 7) is 5.01. The van der Waals surface area contributed by atoms with Gasteiger partial charge in [0.15, 0.2) is 5.54 Å². The molecule has 0 aliphatic rings. The number of carbonyl (C=O) groups excluding carboxylic acids is 1. The Kier molecular flexibility index (Phi) is 7.13. The molecule has 6 nitrogen and oxygen atoms in total. The minimum atomic E-state index is -4.13. The molecule has 0 bridgehead atoms. The van der Waals surface area contributed by atoms with Gasteiger partial charge in [-0.05, 0) is 44.0 Å². The highest BCUT2D eigenvalue weighted by Gasteiger charge is 2.46. The van der Waals surface area contributed by atoms with Crippen LogP contribution in [0.1, 0.15) is 35.3 Å². The van der Waals surface area contributed by atoms with Crippen LogP contribution in [0.15, 0.2) is 83.8 Å². The average Bonchev–Trinajstić information content (AvgIpc) is 2.78. The molecule has 0 saturated carbocycles. The zero-order valence-corrected chi connectivity index (χ0v) is 19.1. The van der Waals surface area contributed by atoms with E-state index in [4.69, 9.17) is 4.74 Å². The Balaban J connectivity index is 1.94. The maximum absolute atomic E-state index is 13.2. The van der Waals surface area contributed by atoms with Crippen LogP contribution in [0.4, 0.5) is 0 Å². The first kappa shape index (κ1) is 23.7. The molecule has 32 heavy (non-hydrogen) atoms. The number of ether oxygens (including phenoxy) is 1. The fourth-order valence-electron chi connectivity index (χ4n) is 3.22. The molecule has 0 spiro atoms. The van der Waals surface area contributed by atoms with Gasteiger partial charge in [0.25, 0.3) is 0 Å². The molecule has 0 aromatic heterocycles. The van der Waals surface area contributed by atoms with Crippen molar-refractivity contribution in [2.45, 2.75) is 43.9 Å². The third-order valence-corrected chi connectivity index (χ3v) is 6.84. The monoisotopic (exact) mass is 453 g/mol. The molecule has 0 saturated heterocycles. The van der Waals surface area contributed by atoms with Gasteiger partial charge >= 0.3 is 5.97 Å². The average molecular weight is 454 g/mol. The van der Waals surface area contributed by atoms with Crippen molar-refractivity contribution in [3.63, 3.8) is 0 Å². The van der Waals surface area contributed by atoms with Crippen LogP contribution in [0.25, 0.3) is 0 Å². The molecule has 2 N–H and O–H groups in total. The third kappa shape index (κ3) is 5.43. The third-order valence-electron chi connectivity index (χ3n) is 5.25. The van der Waals surface area contributed by atoms with E-state index in [2.05, 4.69) is 4.72 Å². The molecule has 0 radical (unpaired) electrons. The summed E-state index contributed by atoms with van der Waals surface area (Å²) in [6.07, 6.45) is -1.48. The predicted molar refractivity (Wildman–Crippen MR) is 122 cm³/mol. The first-order valence-corrected chi connectivity index (χ1v) is 11.7. The Labute approximate surface area is 188 Å². The molecule has 0 aliphatic heterocycles. The highest BCUT2D eigenvalue weighted by atomic mass is 32.2. The number of nitrogens with one attached hydrogen (secondary N) is 1. The number of benzene rings is 3. The fourth-order valence-corrected chi connectivity index (χ4v) is 4.59. The van der Waals surface area contributed by atoms with Gasteiger partial charge in [0.1, 0.15) is 12.7 Å². The van der Waals surface area contributed by atoms with E-state index in [9.17, 15) is 18.3 Å². The van der Waals surface area contributed by atoms with Gasteiger partial charge in [0, 0.05) is 0 Å². The number of aryl methyl sites for hydroxylation is 2. The molecular formula is C25H27NO5S. The summed E-state index contributed by atoms with van der Waals surface area (Å²) in [5.41, 5.74) is 1.03.